The number of rotatable bonds is 9. The van der Waals surface area contributed by atoms with Crippen molar-refractivity contribution < 1.29 is 13.9 Å². The number of benzene rings is 3. The summed E-state index contributed by atoms with van der Waals surface area (Å²) in [6.07, 6.45) is 0.979. The lowest BCUT2D eigenvalue weighted by Gasteiger charge is -2.17. The van der Waals surface area contributed by atoms with Gasteiger partial charge in [-0.1, -0.05) is 37.3 Å². The number of ether oxygens (including phenoxy) is 2. The molecule has 3 aromatic carbocycles. The molecule has 0 heterocycles. The number of nitrogens with one attached hydrogen (secondary N) is 1. The van der Waals surface area contributed by atoms with E-state index in [1.807, 2.05) is 25.1 Å². The van der Waals surface area contributed by atoms with Crippen molar-refractivity contribution in [2.75, 3.05) is 11.9 Å². The zero-order valence-electron chi connectivity index (χ0n) is 16.7. The fraction of sp³-hybridized carbons (Fsp3) is 0.250. The molecule has 0 saturated heterocycles. The third-order valence-electron chi connectivity index (χ3n) is 4.55. The van der Waals surface area contributed by atoms with Crippen LogP contribution < -0.4 is 14.8 Å². The van der Waals surface area contributed by atoms with Crippen LogP contribution in [0.1, 0.15) is 30.5 Å². The lowest BCUT2D eigenvalue weighted by Crippen LogP contribution is -2.05. The van der Waals surface area contributed by atoms with Gasteiger partial charge in [-0.15, -0.1) is 0 Å². The van der Waals surface area contributed by atoms with Gasteiger partial charge in [-0.3, -0.25) is 0 Å². The quantitative estimate of drug-likeness (QED) is 0.385. The molecule has 5 heteroatoms. The summed E-state index contributed by atoms with van der Waals surface area (Å²) < 4.78 is 25.7. The van der Waals surface area contributed by atoms with Gasteiger partial charge in [-0.25, -0.2) is 4.39 Å². The number of aryl methyl sites for hydroxylation is 1. The molecule has 152 valence electrons. The summed E-state index contributed by atoms with van der Waals surface area (Å²) in [5.74, 6) is 1.07. The van der Waals surface area contributed by atoms with Crippen LogP contribution in [-0.4, -0.2) is 6.61 Å². The van der Waals surface area contributed by atoms with Crippen molar-refractivity contribution in [3.05, 3.63) is 87.6 Å². The highest BCUT2D eigenvalue weighted by atomic mass is 79.9. The Kier molecular flexibility index (Phi) is 7.53. The van der Waals surface area contributed by atoms with E-state index in [2.05, 4.69) is 46.4 Å². The van der Waals surface area contributed by atoms with Gasteiger partial charge in [0.1, 0.15) is 12.4 Å². The maximum Gasteiger partial charge on any atom is 0.175 e. The lowest BCUT2D eigenvalue weighted by molar-refractivity contribution is 0.267. The van der Waals surface area contributed by atoms with E-state index in [1.54, 1.807) is 12.1 Å². The van der Waals surface area contributed by atoms with Gasteiger partial charge in [-0.2, -0.15) is 0 Å². The molecule has 0 aliphatic rings. The maximum absolute atomic E-state index is 13.1. The SMILES string of the molecule is CCOc1cc(CNc2ccccc2CC)cc(Br)c1OCc1ccc(F)cc1. The molecule has 0 unspecified atom stereocenters. The maximum atomic E-state index is 13.1. The summed E-state index contributed by atoms with van der Waals surface area (Å²) in [7, 11) is 0. The van der Waals surface area contributed by atoms with Crippen molar-refractivity contribution >= 4 is 21.6 Å². The number of anilines is 1. The van der Waals surface area contributed by atoms with Gasteiger partial charge >= 0.3 is 0 Å². The van der Waals surface area contributed by atoms with E-state index >= 15 is 0 Å². The first kappa shape index (κ1) is 21.2. The zero-order valence-corrected chi connectivity index (χ0v) is 18.3. The molecule has 3 nitrogen and oxygen atoms in total. The van der Waals surface area contributed by atoms with Crippen molar-refractivity contribution in [3.8, 4) is 11.5 Å². The second-order valence-electron chi connectivity index (χ2n) is 6.62. The van der Waals surface area contributed by atoms with Crippen molar-refractivity contribution in [1.82, 2.24) is 0 Å². The monoisotopic (exact) mass is 457 g/mol. The Morgan fingerprint density at radius 2 is 1.69 bits per heavy atom. The first-order valence-corrected chi connectivity index (χ1v) is 10.5. The molecule has 0 aromatic heterocycles. The van der Waals surface area contributed by atoms with Gasteiger partial charge in [0.05, 0.1) is 11.1 Å². The van der Waals surface area contributed by atoms with Crippen molar-refractivity contribution in [2.45, 2.75) is 33.4 Å². The fourth-order valence-electron chi connectivity index (χ4n) is 3.06. The summed E-state index contributed by atoms with van der Waals surface area (Å²) >= 11 is 3.61. The number of hydrogen-bond donors (Lipinski definition) is 1. The predicted molar refractivity (Wildman–Crippen MR) is 119 cm³/mol. The molecule has 1 N–H and O–H groups in total. The highest BCUT2D eigenvalue weighted by Crippen LogP contribution is 2.37. The van der Waals surface area contributed by atoms with Crippen LogP contribution in [0, 0.1) is 5.82 Å². The summed E-state index contributed by atoms with van der Waals surface area (Å²) in [5, 5.41) is 3.51. The third-order valence-corrected chi connectivity index (χ3v) is 5.14. The topological polar surface area (TPSA) is 30.5 Å². The van der Waals surface area contributed by atoms with E-state index in [9.17, 15) is 4.39 Å². The molecule has 0 atom stereocenters. The van der Waals surface area contributed by atoms with Crippen LogP contribution in [-0.2, 0) is 19.6 Å². The molecule has 0 aliphatic heterocycles. The molecule has 0 spiro atoms. The minimum atomic E-state index is -0.258. The van der Waals surface area contributed by atoms with Crippen LogP contribution in [0.3, 0.4) is 0 Å². The highest BCUT2D eigenvalue weighted by molar-refractivity contribution is 9.10. The summed E-state index contributed by atoms with van der Waals surface area (Å²) in [5.41, 5.74) is 4.40. The van der Waals surface area contributed by atoms with E-state index in [0.717, 1.165) is 27.7 Å². The second-order valence-corrected chi connectivity index (χ2v) is 7.47. The van der Waals surface area contributed by atoms with Gasteiger partial charge in [0, 0.05) is 12.2 Å². The zero-order chi connectivity index (χ0) is 20.6. The molecule has 0 saturated carbocycles. The Morgan fingerprint density at radius 1 is 0.931 bits per heavy atom. The standard InChI is InChI=1S/C24H25BrFNO2/c1-3-19-7-5-6-8-22(19)27-15-18-13-21(25)24(23(14-18)28-4-2)29-16-17-9-11-20(26)12-10-17/h5-14,27H,3-4,15-16H2,1-2H3. The Hall–Kier alpha value is -2.53. The fourth-order valence-corrected chi connectivity index (χ4v) is 3.66. The first-order chi connectivity index (χ1) is 14.1. The summed E-state index contributed by atoms with van der Waals surface area (Å²) in [6.45, 7) is 5.64. The predicted octanol–water partition coefficient (Wildman–Crippen LogP) is 6.74. The Bertz CT molecular complexity index is 944. The van der Waals surface area contributed by atoms with Crippen LogP contribution >= 0.6 is 15.9 Å². The van der Waals surface area contributed by atoms with E-state index in [4.69, 9.17) is 9.47 Å². The largest absolute Gasteiger partial charge is 0.490 e. The van der Waals surface area contributed by atoms with Crippen LogP contribution in [0.25, 0.3) is 0 Å². The van der Waals surface area contributed by atoms with E-state index in [1.165, 1.54) is 17.7 Å². The molecule has 0 radical (unpaired) electrons. The van der Waals surface area contributed by atoms with Crippen LogP contribution in [0.2, 0.25) is 0 Å². The average molecular weight is 458 g/mol. The van der Waals surface area contributed by atoms with Gasteiger partial charge < -0.3 is 14.8 Å². The van der Waals surface area contributed by atoms with E-state index in [-0.39, 0.29) is 5.82 Å². The molecule has 0 fully saturated rings. The smallest absolute Gasteiger partial charge is 0.175 e. The van der Waals surface area contributed by atoms with Crippen molar-refractivity contribution in [1.29, 1.82) is 0 Å². The Morgan fingerprint density at radius 3 is 2.41 bits per heavy atom. The average Bonchev–Trinajstić information content (AvgIpc) is 2.73. The highest BCUT2D eigenvalue weighted by Gasteiger charge is 2.13. The Labute approximate surface area is 180 Å². The molecule has 0 aliphatic carbocycles. The Balaban J connectivity index is 1.75. The van der Waals surface area contributed by atoms with E-state index < -0.39 is 0 Å². The summed E-state index contributed by atoms with van der Waals surface area (Å²) in [4.78, 5) is 0. The van der Waals surface area contributed by atoms with E-state index in [0.29, 0.717) is 31.3 Å². The molecular formula is C24H25BrFNO2. The minimum Gasteiger partial charge on any atom is -0.490 e. The molecule has 29 heavy (non-hydrogen) atoms. The van der Waals surface area contributed by atoms with Crippen LogP contribution in [0.15, 0.2) is 65.1 Å². The molecule has 3 rings (SSSR count). The molecule has 0 bridgehead atoms. The number of halogens is 2. The van der Waals surface area contributed by atoms with Crippen molar-refractivity contribution in [3.63, 3.8) is 0 Å². The lowest BCUT2D eigenvalue weighted by atomic mass is 10.1. The molecule has 0 amide bonds. The number of hydrogen-bond acceptors (Lipinski definition) is 3. The first-order valence-electron chi connectivity index (χ1n) is 9.75. The number of para-hydroxylation sites is 1. The van der Waals surface area contributed by atoms with Crippen LogP contribution in [0.5, 0.6) is 11.5 Å². The second kappa shape index (κ2) is 10.3. The van der Waals surface area contributed by atoms with Gasteiger partial charge in [-0.05, 0) is 76.3 Å². The third kappa shape index (κ3) is 5.73. The van der Waals surface area contributed by atoms with Crippen molar-refractivity contribution in [2.24, 2.45) is 0 Å². The van der Waals surface area contributed by atoms with Gasteiger partial charge in [0.25, 0.3) is 0 Å². The molecular weight excluding hydrogens is 433 g/mol. The van der Waals surface area contributed by atoms with Gasteiger partial charge in [0.2, 0.25) is 0 Å². The normalized spacial score (nSPS) is 10.6. The summed E-state index contributed by atoms with van der Waals surface area (Å²) in [6, 6.07) is 18.6. The minimum absolute atomic E-state index is 0.258. The molecule has 3 aromatic rings. The van der Waals surface area contributed by atoms with Gasteiger partial charge in [0.15, 0.2) is 11.5 Å². The van der Waals surface area contributed by atoms with Crippen LogP contribution in [0.4, 0.5) is 10.1 Å².